The molecule has 0 atom stereocenters. The van der Waals surface area contributed by atoms with Crippen molar-refractivity contribution in [2.45, 2.75) is 72.6 Å². The molecule has 3 heteroatoms. The summed E-state index contributed by atoms with van der Waals surface area (Å²) >= 11 is 0. The molecule has 1 saturated carbocycles. The smallest absolute Gasteiger partial charge is 0.127 e. The van der Waals surface area contributed by atoms with E-state index in [4.69, 9.17) is 0 Å². The van der Waals surface area contributed by atoms with Crippen molar-refractivity contribution in [1.29, 1.82) is 0 Å². The van der Waals surface area contributed by atoms with Gasteiger partial charge in [0, 0.05) is 13.1 Å². The molecule has 0 aromatic heterocycles. The van der Waals surface area contributed by atoms with Crippen LogP contribution in [0.3, 0.4) is 0 Å². The average Bonchev–Trinajstić information content (AvgIpc) is 2.52. The lowest BCUT2D eigenvalue weighted by Crippen LogP contribution is -2.34. The van der Waals surface area contributed by atoms with E-state index in [0.717, 1.165) is 44.5 Å². The average molecular weight is 394 g/mol. The van der Waals surface area contributed by atoms with Crippen molar-refractivity contribution in [2.24, 2.45) is 10.8 Å². The highest BCUT2D eigenvalue weighted by atomic mass is 35.5. The fourth-order valence-corrected chi connectivity index (χ4v) is 5.76. The van der Waals surface area contributed by atoms with Crippen molar-refractivity contribution < 1.29 is 4.39 Å². The Morgan fingerprint density at radius 3 is 2.33 bits per heavy atom. The van der Waals surface area contributed by atoms with E-state index in [0.29, 0.717) is 5.92 Å². The first-order valence-electron chi connectivity index (χ1n) is 10.4. The zero-order valence-electron chi connectivity index (χ0n) is 17.8. The van der Waals surface area contributed by atoms with E-state index < -0.39 is 0 Å². The predicted molar refractivity (Wildman–Crippen MR) is 117 cm³/mol. The summed E-state index contributed by atoms with van der Waals surface area (Å²) in [6, 6.07) is 5.72. The molecule has 1 fully saturated rings. The molecule has 0 saturated heterocycles. The van der Waals surface area contributed by atoms with Crippen LogP contribution in [0.2, 0.25) is 0 Å². The number of hydrogen-bond donors (Lipinski definition) is 0. The summed E-state index contributed by atoms with van der Waals surface area (Å²) in [6.07, 6.45) is 7.96. The second-order valence-electron chi connectivity index (χ2n) is 10.1. The zero-order valence-corrected chi connectivity index (χ0v) is 18.6. The van der Waals surface area contributed by atoms with Crippen LogP contribution in [-0.4, -0.2) is 24.5 Å². The molecular formula is C24H37ClFN. The second kappa shape index (κ2) is 8.66. The van der Waals surface area contributed by atoms with Crippen molar-refractivity contribution in [1.82, 2.24) is 4.90 Å². The molecule has 0 N–H and O–H groups in total. The lowest BCUT2D eigenvalue weighted by molar-refractivity contribution is 0.0956. The van der Waals surface area contributed by atoms with E-state index in [1.54, 1.807) is 6.07 Å². The number of halogens is 2. The van der Waals surface area contributed by atoms with Crippen molar-refractivity contribution in [2.75, 3.05) is 19.6 Å². The molecule has 0 bridgehead atoms. The molecule has 152 valence electrons. The number of benzene rings is 1. The van der Waals surface area contributed by atoms with Crippen molar-refractivity contribution in [3.05, 3.63) is 41.2 Å². The minimum Gasteiger partial charge on any atom is -0.299 e. The van der Waals surface area contributed by atoms with Gasteiger partial charge in [0.1, 0.15) is 5.82 Å². The molecule has 0 spiro atoms. The maximum absolute atomic E-state index is 15.1. The molecule has 2 aliphatic rings. The Balaban J connectivity index is 0.00000261. The van der Waals surface area contributed by atoms with Gasteiger partial charge < -0.3 is 0 Å². The quantitative estimate of drug-likeness (QED) is 0.528. The van der Waals surface area contributed by atoms with Crippen molar-refractivity contribution in [3.8, 4) is 0 Å². The second-order valence-corrected chi connectivity index (χ2v) is 10.1. The Hall–Kier alpha value is -0.860. The SMILES string of the molecule is CCCN1CC=C(c2cccc(F)c2C2CC(C)(C)CC(C)(C)C2)CC1.Cl. The largest absolute Gasteiger partial charge is 0.299 e. The van der Waals surface area contributed by atoms with Crippen LogP contribution >= 0.6 is 12.4 Å². The van der Waals surface area contributed by atoms with Gasteiger partial charge in [-0.05, 0) is 78.2 Å². The van der Waals surface area contributed by atoms with Gasteiger partial charge in [0.15, 0.2) is 0 Å². The number of rotatable bonds is 4. The zero-order chi connectivity index (χ0) is 18.9. The van der Waals surface area contributed by atoms with Crippen LogP contribution in [0, 0.1) is 16.6 Å². The van der Waals surface area contributed by atoms with Crippen LogP contribution in [0.4, 0.5) is 4.39 Å². The lowest BCUT2D eigenvalue weighted by Gasteiger charge is -2.45. The van der Waals surface area contributed by atoms with Crippen LogP contribution in [0.1, 0.15) is 83.8 Å². The van der Waals surface area contributed by atoms with Crippen LogP contribution in [0.5, 0.6) is 0 Å². The maximum Gasteiger partial charge on any atom is 0.127 e. The molecule has 3 rings (SSSR count). The third-order valence-electron chi connectivity index (χ3n) is 6.20. The van der Waals surface area contributed by atoms with Gasteiger partial charge in [-0.1, -0.05) is 52.8 Å². The highest BCUT2D eigenvalue weighted by Crippen LogP contribution is 2.53. The van der Waals surface area contributed by atoms with Gasteiger partial charge in [-0.25, -0.2) is 4.39 Å². The minimum absolute atomic E-state index is 0. The molecule has 1 aromatic carbocycles. The van der Waals surface area contributed by atoms with E-state index in [-0.39, 0.29) is 29.1 Å². The van der Waals surface area contributed by atoms with Gasteiger partial charge in [-0.3, -0.25) is 4.90 Å². The Bertz CT molecular complexity index is 661. The highest BCUT2D eigenvalue weighted by Gasteiger charge is 2.40. The Morgan fingerprint density at radius 1 is 1.11 bits per heavy atom. The molecule has 1 aliphatic heterocycles. The van der Waals surface area contributed by atoms with Crippen LogP contribution in [0.15, 0.2) is 24.3 Å². The summed E-state index contributed by atoms with van der Waals surface area (Å²) in [5.41, 5.74) is 4.06. The van der Waals surface area contributed by atoms with Crippen LogP contribution < -0.4 is 0 Å². The normalized spacial score (nSPS) is 22.8. The summed E-state index contributed by atoms with van der Waals surface area (Å²) in [6.45, 7) is 14.9. The highest BCUT2D eigenvalue weighted by molar-refractivity contribution is 5.85. The summed E-state index contributed by atoms with van der Waals surface area (Å²) in [5.74, 6) is 0.317. The first kappa shape index (κ1) is 22.4. The molecule has 0 amide bonds. The molecule has 1 aliphatic carbocycles. The number of nitrogens with zero attached hydrogens (tertiary/aromatic N) is 1. The van der Waals surface area contributed by atoms with E-state index in [1.807, 2.05) is 6.07 Å². The topological polar surface area (TPSA) is 3.24 Å². The minimum atomic E-state index is -0.00196. The van der Waals surface area contributed by atoms with Crippen LogP contribution in [-0.2, 0) is 0 Å². The Labute approximate surface area is 171 Å². The number of hydrogen-bond acceptors (Lipinski definition) is 1. The standard InChI is InChI=1S/C24H36FN.ClH/c1-6-12-26-13-10-18(11-14-26)20-8-7-9-21(25)22(20)19-15-23(2,3)17-24(4,5)16-19;/h7-10,19H,6,11-17H2,1-5H3;1H. The molecule has 0 unspecified atom stereocenters. The van der Waals surface area contributed by atoms with Crippen molar-refractivity contribution >= 4 is 18.0 Å². The Kier molecular flexibility index (Phi) is 7.19. The van der Waals surface area contributed by atoms with E-state index in [9.17, 15) is 0 Å². The summed E-state index contributed by atoms with van der Waals surface area (Å²) in [5, 5.41) is 0. The van der Waals surface area contributed by atoms with E-state index in [1.165, 1.54) is 24.0 Å². The first-order valence-corrected chi connectivity index (χ1v) is 10.4. The summed E-state index contributed by atoms with van der Waals surface area (Å²) in [7, 11) is 0. The van der Waals surface area contributed by atoms with Gasteiger partial charge in [-0.15, -0.1) is 12.4 Å². The molecule has 0 radical (unpaired) electrons. The first-order chi connectivity index (χ1) is 12.2. The molecule has 1 heterocycles. The Morgan fingerprint density at radius 2 is 1.78 bits per heavy atom. The fraction of sp³-hybridized carbons (Fsp3) is 0.667. The van der Waals surface area contributed by atoms with Gasteiger partial charge >= 0.3 is 0 Å². The fourth-order valence-electron chi connectivity index (χ4n) is 5.76. The lowest BCUT2D eigenvalue weighted by atomic mass is 9.59. The van der Waals surface area contributed by atoms with Crippen LogP contribution in [0.25, 0.3) is 5.57 Å². The van der Waals surface area contributed by atoms with Crippen molar-refractivity contribution in [3.63, 3.8) is 0 Å². The summed E-state index contributed by atoms with van der Waals surface area (Å²) in [4.78, 5) is 2.50. The predicted octanol–water partition coefficient (Wildman–Crippen LogP) is 7.07. The molecule has 1 nitrogen and oxygen atoms in total. The third-order valence-corrected chi connectivity index (χ3v) is 6.20. The van der Waals surface area contributed by atoms with E-state index in [2.05, 4.69) is 51.7 Å². The molecular weight excluding hydrogens is 357 g/mol. The maximum atomic E-state index is 15.1. The monoisotopic (exact) mass is 393 g/mol. The van der Waals surface area contributed by atoms with Gasteiger partial charge in [-0.2, -0.15) is 0 Å². The van der Waals surface area contributed by atoms with Gasteiger partial charge in [0.2, 0.25) is 0 Å². The molecule has 27 heavy (non-hydrogen) atoms. The van der Waals surface area contributed by atoms with E-state index >= 15 is 4.39 Å². The van der Waals surface area contributed by atoms with Gasteiger partial charge in [0.25, 0.3) is 0 Å². The van der Waals surface area contributed by atoms with Gasteiger partial charge in [0.05, 0.1) is 0 Å². The molecule has 1 aromatic rings. The summed E-state index contributed by atoms with van der Waals surface area (Å²) < 4.78 is 15.1. The third kappa shape index (κ3) is 5.35.